The molecule has 3 nitrogen and oxygen atoms in total. The first-order valence-corrected chi connectivity index (χ1v) is 3.50. The summed E-state index contributed by atoms with van der Waals surface area (Å²) in [7, 11) is 0. The molecule has 1 atom stereocenters. The highest BCUT2D eigenvalue weighted by Crippen LogP contribution is 2.13. The second-order valence-corrected chi connectivity index (χ2v) is 2.32. The van der Waals surface area contributed by atoms with E-state index in [1.54, 1.807) is 6.26 Å². The molecule has 0 saturated heterocycles. The fraction of sp³-hybridized carbons (Fsp3) is 0.375. The van der Waals surface area contributed by atoms with Crippen LogP contribution in [-0.2, 0) is 6.42 Å². The van der Waals surface area contributed by atoms with E-state index in [1.807, 2.05) is 19.1 Å². The average molecular weight is 150 g/mol. The minimum Gasteiger partial charge on any atom is -0.466 e. The van der Waals surface area contributed by atoms with E-state index in [9.17, 15) is 0 Å². The van der Waals surface area contributed by atoms with Crippen molar-refractivity contribution in [3.05, 3.63) is 23.7 Å². The monoisotopic (exact) mass is 150 g/mol. The average Bonchev–Trinajstić information content (AvgIpc) is 2.50. The summed E-state index contributed by atoms with van der Waals surface area (Å²) in [4.78, 5) is 0. The third-order valence-electron chi connectivity index (χ3n) is 1.53. The number of furan rings is 1. The van der Waals surface area contributed by atoms with Gasteiger partial charge in [0.1, 0.15) is 5.76 Å². The summed E-state index contributed by atoms with van der Waals surface area (Å²) in [5.74, 6) is 0.546. The summed E-state index contributed by atoms with van der Waals surface area (Å²) < 4.78 is 5.06. The highest BCUT2D eigenvalue weighted by atomic mass is 16.3. The molecule has 58 valence electrons. The Labute approximate surface area is 65.4 Å². The Morgan fingerprint density at radius 2 is 2.55 bits per heavy atom. The largest absolute Gasteiger partial charge is 0.466 e. The maximum absolute atomic E-state index is 8.44. The van der Waals surface area contributed by atoms with E-state index in [0.717, 1.165) is 12.0 Å². The van der Waals surface area contributed by atoms with E-state index in [4.69, 9.17) is 15.4 Å². The Hall–Kier alpha value is -1.27. The molecule has 0 aliphatic rings. The lowest BCUT2D eigenvalue weighted by atomic mass is 10.2. The van der Waals surface area contributed by atoms with Crippen LogP contribution in [0.3, 0.4) is 0 Å². The van der Waals surface area contributed by atoms with E-state index in [-0.39, 0.29) is 0 Å². The zero-order valence-corrected chi connectivity index (χ0v) is 6.37. The Bertz CT molecular complexity index is 272. The molecule has 1 heterocycles. The lowest BCUT2D eigenvalue weighted by Crippen LogP contribution is -2.05. The molecular weight excluding hydrogens is 140 g/mol. The van der Waals surface area contributed by atoms with Crippen LogP contribution in [-0.4, -0.2) is 0 Å². The van der Waals surface area contributed by atoms with Crippen molar-refractivity contribution in [3.63, 3.8) is 0 Å². The van der Waals surface area contributed by atoms with Crippen molar-refractivity contribution < 1.29 is 4.42 Å². The molecule has 0 saturated carbocycles. The van der Waals surface area contributed by atoms with Gasteiger partial charge in [0.15, 0.2) is 6.04 Å². The summed E-state index contributed by atoms with van der Waals surface area (Å²) in [5.41, 5.74) is 6.48. The fourth-order valence-corrected chi connectivity index (χ4v) is 0.807. The first kappa shape index (κ1) is 7.83. The molecule has 1 aromatic rings. The van der Waals surface area contributed by atoms with Gasteiger partial charge in [0, 0.05) is 0 Å². The maximum atomic E-state index is 8.44. The molecule has 0 bridgehead atoms. The van der Waals surface area contributed by atoms with Gasteiger partial charge in [0.25, 0.3) is 0 Å². The Kier molecular flexibility index (Phi) is 2.29. The van der Waals surface area contributed by atoms with Crippen LogP contribution in [0.25, 0.3) is 0 Å². The van der Waals surface area contributed by atoms with Crippen LogP contribution >= 0.6 is 0 Å². The van der Waals surface area contributed by atoms with Crippen LogP contribution in [0.5, 0.6) is 0 Å². The van der Waals surface area contributed by atoms with E-state index in [1.165, 1.54) is 0 Å². The molecule has 11 heavy (non-hydrogen) atoms. The lowest BCUT2D eigenvalue weighted by Gasteiger charge is -1.93. The third kappa shape index (κ3) is 1.60. The number of hydrogen-bond acceptors (Lipinski definition) is 3. The first-order chi connectivity index (χ1) is 5.27. The fourth-order valence-electron chi connectivity index (χ4n) is 0.807. The molecule has 1 rings (SSSR count). The van der Waals surface area contributed by atoms with Crippen LogP contribution in [0.15, 0.2) is 16.7 Å². The summed E-state index contributed by atoms with van der Waals surface area (Å²) in [6, 6.07) is 3.09. The van der Waals surface area contributed by atoms with E-state index in [0.29, 0.717) is 5.76 Å². The second kappa shape index (κ2) is 3.22. The zero-order chi connectivity index (χ0) is 8.27. The lowest BCUT2D eigenvalue weighted by molar-refractivity contribution is 0.495. The Morgan fingerprint density at radius 1 is 1.82 bits per heavy atom. The van der Waals surface area contributed by atoms with Gasteiger partial charge in [-0.25, -0.2) is 0 Å². The Balaban J connectivity index is 2.82. The highest BCUT2D eigenvalue weighted by Gasteiger charge is 2.08. The minimum atomic E-state index is -0.629. The summed E-state index contributed by atoms with van der Waals surface area (Å²) in [6.07, 6.45) is 2.54. The molecule has 3 heteroatoms. The van der Waals surface area contributed by atoms with Gasteiger partial charge in [-0.05, 0) is 18.1 Å². The van der Waals surface area contributed by atoms with Gasteiger partial charge in [0.2, 0.25) is 0 Å². The van der Waals surface area contributed by atoms with Gasteiger partial charge in [-0.2, -0.15) is 5.26 Å². The SMILES string of the molecule is CCc1coc(C(N)C#N)c1. The van der Waals surface area contributed by atoms with Crippen molar-refractivity contribution >= 4 is 0 Å². The second-order valence-electron chi connectivity index (χ2n) is 2.32. The van der Waals surface area contributed by atoms with Gasteiger partial charge >= 0.3 is 0 Å². The topological polar surface area (TPSA) is 62.9 Å². The highest BCUT2D eigenvalue weighted by molar-refractivity contribution is 5.18. The predicted octanol–water partition coefficient (Wildman–Crippen LogP) is 1.37. The molecule has 2 N–H and O–H groups in total. The van der Waals surface area contributed by atoms with Gasteiger partial charge in [-0.3, -0.25) is 0 Å². The quantitative estimate of drug-likeness (QED) is 0.692. The van der Waals surface area contributed by atoms with Crippen LogP contribution in [0.2, 0.25) is 0 Å². The van der Waals surface area contributed by atoms with Crippen molar-refractivity contribution in [2.24, 2.45) is 5.73 Å². The van der Waals surface area contributed by atoms with E-state index < -0.39 is 6.04 Å². The van der Waals surface area contributed by atoms with Crippen LogP contribution < -0.4 is 5.73 Å². The van der Waals surface area contributed by atoms with Crippen molar-refractivity contribution in [2.45, 2.75) is 19.4 Å². The molecule has 0 fully saturated rings. The van der Waals surface area contributed by atoms with Gasteiger partial charge in [0.05, 0.1) is 12.3 Å². The van der Waals surface area contributed by atoms with Gasteiger partial charge in [-0.1, -0.05) is 6.92 Å². The molecule has 0 aliphatic heterocycles. The third-order valence-corrected chi connectivity index (χ3v) is 1.53. The number of nitrogens with zero attached hydrogens (tertiary/aromatic N) is 1. The number of rotatable bonds is 2. The normalized spacial score (nSPS) is 12.5. The number of nitrogens with two attached hydrogens (primary N) is 1. The first-order valence-electron chi connectivity index (χ1n) is 3.50. The molecule has 1 aromatic heterocycles. The molecule has 0 spiro atoms. The summed E-state index contributed by atoms with van der Waals surface area (Å²) >= 11 is 0. The number of nitriles is 1. The summed E-state index contributed by atoms with van der Waals surface area (Å²) in [6.45, 7) is 2.02. The zero-order valence-electron chi connectivity index (χ0n) is 6.37. The molecule has 0 aromatic carbocycles. The van der Waals surface area contributed by atoms with Crippen molar-refractivity contribution in [3.8, 4) is 6.07 Å². The molecular formula is C8H10N2O. The smallest absolute Gasteiger partial charge is 0.151 e. The van der Waals surface area contributed by atoms with Crippen LogP contribution in [0.1, 0.15) is 24.3 Å². The minimum absolute atomic E-state index is 0.546. The van der Waals surface area contributed by atoms with E-state index in [2.05, 4.69) is 0 Å². The molecule has 0 aliphatic carbocycles. The number of hydrogen-bond donors (Lipinski definition) is 1. The predicted molar refractivity (Wildman–Crippen MR) is 40.6 cm³/mol. The molecule has 0 radical (unpaired) electrons. The van der Waals surface area contributed by atoms with E-state index >= 15 is 0 Å². The van der Waals surface area contributed by atoms with Crippen molar-refractivity contribution in [2.75, 3.05) is 0 Å². The standard InChI is InChI=1S/C8H10N2O/c1-2-6-3-8(11-5-6)7(10)4-9/h3,5,7H,2,10H2,1H3. The molecule has 0 amide bonds. The van der Waals surface area contributed by atoms with Gasteiger partial charge < -0.3 is 10.2 Å². The summed E-state index contributed by atoms with van der Waals surface area (Å²) in [5, 5.41) is 8.44. The van der Waals surface area contributed by atoms with Crippen LogP contribution in [0.4, 0.5) is 0 Å². The van der Waals surface area contributed by atoms with Crippen molar-refractivity contribution in [1.29, 1.82) is 5.26 Å². The van der Waals surface area contributed by atoms with Crippen LogP contribution in [0, 0.1) is 11.3 Å². The van der Waals surface area contributed by atoms with Gasteiger partial charge in [-0.15, -0.1) is 0 Å². The molecule has 1 unspecified atom stereocenters. The number of aryl methyl sites for hydroxylation is 1. The maximum Gasteiger partial charge on any atom is 0.151 e. The van der Waals surface area contributed by atoms with Crippen molar-refractivity contribution in [1.82, 2.24) is 0 Å². The Morgan fingerprint density at radius 3 is 3.00 bits per heavy atom.